The molecule has 17 heavy (non-hydrogen) atoms. The number of Topliss-reactive ketones (excluding diaryl/α,β-unsaturated/α-hetero) is 1. The van der Waals surface area contributed by atoms with Gasteiger partial charge in [0.2, 0.25) is 0 Å². The average Bonchev–Trinajstić information content (AvgIpc) is 3.03. The van der Waals surface area contributed by atoms with Crippen LogP contribution in [0.5, 0.6) is 5.75 Å². The SMILES string of the molecule is Cc1ccc2c(c1)C(=O)CC(C)(CC1CC1)O2. The van der Waals surface area contributed by atoms with E-state index < -0.39 is 0 Å². The second-order valence-corrected chi connectivity index (χ2v) is 5.80. The minimum atomic E-state index is -0.277. The van der Waals surface area contributed by atoms with Crippen molar-refractivity contribution in [3.63, 3.8) is 0 Å². The van der Waals surface area contributed by atoms with Gasteiger partial charge in [-0.2, -0.15) is 0 Å². The molecular formula is C15H18O2. The lowest BCUT2D eigenvalue weighted by molar-refractivity contribution is 0.0435. The number of rotatable bonds is 2. The van der Waals surface area contributed by atoms with Crippen molar-refractivity contribution < 1.29 is 9.53 Å². The van der Waals surface area contributed by atoms with Gasteiger partial charge in [-0.05, 0) is 38.3 Å². The van der Waals surface area contributed by atoms with Crippen LogP contribution in [-0.2, 0) is 0 Å². The number of carbonyl (C=O) groups is 1. The zero-order valence-corrected chi connectivity index (χ0v) is 10.5. The summed E-state index contributed by atoms with van der Waals surface area (Å²) < 4.78 is 6.07. The molecule has 2 heteroatoms. The number of carbonyl (C=O) groups excluding carboxylic acids is 1. The van der Waals surface area contributed by atoms with Gasteiger partial charge >= 0.3 is 0 Å². The molecule has 0 radical (unpaired) electrons. The minimum absolute atomic E-state index is 0.234. The molecule has 0 spiro atoms. The highest BCUT2D eigenvalue weighted by Gasteiger charge is 2.40. The average molecular weight is 230 g/mol. The normalized spacial score (nSPS) is 27.5. The Morgan fingerprint density at radius 1 is 1.41 bits per heavy atom. The fourth-order valence-electron chi connectivity index (χ4n) is 2.73. The van der Waals surface area contributed by atoms with Crippen molar-refractivity contribution in [1.82, 2.24) is 0 Å². The molecule has 2 aliphatic rings. The van der Waals surface area contributed by atoms with E-state index in [2.05, 4.69) is 6.92 Å². The fraction of sp³-hybridized carbons (Fsp3) is 0.533. The van der Waals surface area contributed by atoms with E-state index in [1.54, 1.807) is 0 Å². The molecule has 1 aromatic carbocycles. The molecule has 0 N–H and O–H groups in total. The highest BCUT2D eigenvalue weighted by Crippen LogP contribution is 2.43. The maximum absolute atomic E-state index is 12.2. The van der Waals surface area contributed by atoms with Crippen LogP contribution in [0.4, 0.5) is 0 Å². The number of fused-ring (bicyclic) bond motifs is 1. The van der Waals surface area contributed by atoms with E-state index in [0.29, 0.717) is 6.42 Å². The van der Waals surface area contributed by atoms with Gasteiger partial charge in [-0.1, -0.05) is 24.5 Å². The highest BCUT2D eigenvalue weighted by atomic mass is 16.5. The van der Waals surface area contributed by atoms with Crippen LogP contribution < -0.4 is 4.74 Å². The summed E-state index contributed by atoms with van der Waals surface area (Å²) in [4.78, 5) is 12.2. The molecule has 1 aromatic rings. The Hall–Kier alpha value is -1.31. The maximum atomic E-state index is 12.2. The molecule has 1 aliphatic carbocycles. The molecule has 0 bridgehead atoms. The summed E-state index contributed by atoms with van der Waals surface area (Å²) >= 11 is 0. The molecule has 90 valence electrons. The van der Waals surface area contributed by atoms with Crippen molar-refractivity contribution in [2.24, 2.45) is 5.92 Å². The fourth-order valence-corrected chi connectivity index (χ4v) is 2.73. The monoisotopic (exact) mass is 230 g/mol. The van der Waals surface area contributed by atoms with Crippen LogP contribution in [0.3, 0.4) is 0 Å². The Balaban J connectivity index is 1.91. The molecule has 1 heterocycles. The summed E-state index contributed by atoms with van der Waals surface area (Å²) in [6.45, 7) is 4.08. The Morgan fingerprint density at radius 2 is 2.18 bits per heavy atom. The second-order valence-electron chi connectivity index (χ2n) is 5.80. The van der Waals surface area contributed by atoms with E-state index in [-0.39, 0.29) is 11.4 Å². The van der Waals surface area contributed by atoms with Crippen LogP contribution in [0.25, 0.3) is 0 Å². The lowest BCUT2D eigenvalue weighted by Gasteiger charge is -2.35. The van der Waals surface area contributed by atoms with Gasteiger partial charge in [0.1, 0.15) is 11.4 Å². The van der Waals surface area contributed by atoms with Crippen LogP contribution in [0.2, 0.25) is 0 Å². The summed E-state index contributed by atoms with van der Waals surface area (Å²) in [6.07, 6.45) is 4.15. The van der Waals surface area contributed by atoms with Crippen LogP contribution in [-0.4, -0.2) is 11.4 Å². The summed E-state index contributed by atoms with van der Waals surface area (Å²) in [6, 6.07) is 5.89. The number of ether oxygens (including phenoxy) is 1. The molecule has 1 unspecified atom stereocenters. The van der Waals surface area contributed by atoms with Crippen LogP contribution in [0, 0.1) is 12.8 Å². The molecule has 1 fully saturated rings. The first-order chi connectivity index (χ1) is 8.06. The van der Waals surface area contributed by atoms with Gasteiger partial charge in [0.25, 0.3) is 0 Å². The molecule has 1 saturated carbocycles. The smallest absolute Gasteiger partial charge is 0.170 e. The van der Waals surface area contributed by atoms with Crippen molar-refractivity contribution in [2.75, 3.05) is 0 Å². The van der Waals surface area contributed by atoms with Crippen molar-refractivity contribution in [1.29, 1.82) is 0 Å². The molecular weight excluding hydrogens is 212 g/mol. The highest BCUT2D eigenvalue weighted by molar-refractivity contribution is 6.00. The van der Waals surface area contributed by atoms with Gasteiger partial charge < -0.3 is 4.74 Å². The third kappa shape index (κ3) is 2.08. The second kappa shape index (κ2) is 3.59. The van der Waals surface area contributed by atoms with Crippen molar-refractivity contribution >= 4 is 5.78 Å². The number of aryl methyl sites for hydroxylation is 1. The van der Waals surface area contributed by atoms with E-state index in [1.807, 2.05) is 25.1 Å². The quantitative estimate of drug-likeness (QED) is 0.777. The van der Waals surface area contributed by atoms with Gasteiger partial charge in [0, 0.05) is 0 Å². The molecule has 1 aliphatic heterocycles. The van der Waals surface area contributed by atoms with Crippen LogP contribution in [0.1, 0.15) is 48.5 Å². The van der Waals surface area contributed by atoms with Crippen molar-refractivity contribution in [2.45, 2.75) is 45.1 Å². The lowest BCUT2D eigenvalue weighted by Crippen LogP contribution is -2.39. The van der Waals surface area contributed by atoms with Crippen LogP contribution in [0.15, 0.2) is 18.2 Å². The molecule has 2 nitrogen and oxygen atoms in total. The summed E-state index contributed by atoms with van der Waals surface area (Å²) in [5.74, 6) is 1.79. The first kappa shape index (κ1) is 10.8. The standard InChI is InChI=1S/C15H18O2/c1-10-3-6-14-12(7-10)13(16)9-15(2,17-14)8-11-4-5-11/h3,6-7,11H,4-5,8-9H2,1-2H3. The summed E-state index contributed by atoms with van der Waals surface area (Å²) in [5.41, 5.74) is 1.60. The van der Waals surface area contributed by atoms with Gasteiger partial charge in [-0.15, -0.1) is 0 Å². The predicted octanol–water partition coefficient (Wildman–Crippen LogP) is 3.52. The summed E-state index contributed by atoms with van der Waals surface area (Å²) in [7, 11) is 0. The Kier molecular flexibility index (Phi) is 2.29. The Labute approximate surface area is 102 Å². The zero-order valence-electron chi connectivity index (χ0n) is 10.5. The topological polar surface area (TPSA) is 26.3 Å². The maximum Gasteiger partial charge on any atom is 0.170 e. The number of hydrogen-bond donors (Lipinski definition) is 0. The third-order valence-corrected chi connectivity index (χ3v) is 3.74. The van der Waals surface area contributed by atoms with E-state index in [1.165, 1.54) is 12.8 Å². The first-order valence-corrected chi connectivity index (χ1v) is 6.39. The number of benzene rings is 1. The van der Waals surface area contributed by atoms with E-state index in [0.717, 1.165) is 29.2 Å². The van der Waals surface area contributed by atoms with E-state index in [9.17, 15) is 4.79 Å². The molecule has 1 atom stereocenters. The van der Waals surface area contributed by atoms with Gasteiger partial charge in [0.15, 0.2) is 5.78 Å². The van der Waals surface area contributed by atoms with E-state index in [4.69, 9.17) is 4.74 Å². The largest absolute Gasteiger partial charge is 0.486 e. The zero-order chi connectivity index (χ0) is 12.0. The molecule has 0 aromatic heterocycles. The Bertz CT molecular complexity index is 474. The van der Waals surface area contributed by atoms with Crippen molar-refractivity contribution in [3.8, 4) is 5.75 Å². The minimum Gasteiger partial charge on any atom is -0.486 e. The summed E-state index contributed by atoms with van der Waals surface area (Å²) in [5, 5.41) is 0. The van der Waals surface area contributed by atoms with Crippen LogP contribution >= 0.6 is 0 Å². The van der Waals surface area contributed by atoms with Gasteiger partial charge in [0.05, 0.1) is 12.0 Å². The lowest BCUT2D eigenvalue weighted by atomic mass is 9.87. The number of hydrogen-bond acceptors (Lipinski definition) is 2. The molecule has 0 saturated heterocycles. The predicted molar refractivity (Wildman–Crippen MR) is 66.5 cm³/mol. The number of ketones is 1. The van der Waals surface area contributed by atoms with Gasteiger partial charge in [-0.25, -0.2) is 0 Å². The third-order valence-electron chi connectivity index (χ3n) is 3.74. The Morgan fingerprint density at radius 3 is 2.88 bits per heavy atom. The van der Waals surface area contributed by atoms with Gasteiger partial charge in [-0.3, -0.25) is 4.79 Å². The first-order valence-electron chi connectivity index (χ1n) is 6.39. The molecule has 3 rings (SSSR count). The van der Waals surface area contributed by atoms with Crippen molar-refractivity contribution in [3.05, 3.63) is 29.3 Å². The molecule has 0 amide bonds. The van der Waals surface area contributed by atoms with E-state index >= 15 is 0 Å².